The van der Waals surface area contributed by atoms with E-state index in [9.17, 15) is 13.2 Å². The van der Waals surface area contributed by atoms with Crippen molar-refractivity contribution in [2.24, 2.45) is 11.1 Å². The van der Waals surface area contributed by atoms with Crippen LogP contribution in [0, 0.1) is 5.92 Å². The molecule has 0 saturated heterocycles. The summed E-state index contributed by atoms with van der Waals surface area (Å²) in [7, 11) is -2.50. The lowest BCUT2D eigenvalue weighted by Crippen LogP contribution is -2.36. The van der Waals surface area contributed by atoms with Crippen molar-refractivity contribution in [3.8, 4) is 5.75 Å². The van der Waals surface area contributed by atoms with E-state index < -0.39 is 10.0 Å². The van der Waals surface area contributed by atoms with Gasteiger partial charge in [0.25, 0.3) is 0 Å². The molecular formula is C14H20N2O4S. The number of rotatable bonds is 5. The molecule has 1 saturated carbocycles. The molecule has 21 heavy (non-hydrogen) atoms. The van der Waals surface area contributed by atoms with Crippen LogP contribution in [0.3, 0.4) is 0 Å². The van der Waals surface area contributed by atoms with Gasteiger partial charge in [0.05, 0.1) is 13.2 Å². The number of amides is 1. The number of nitrogens with one attached hydrogen (secondary N) is 1. The second-order valence-electron chi connectivity index (χ2n) is 5.31. The first-order valence-corrected chi connectivity index (χ1v) is 8.38. The molecule has 0 spiro atoms. The molecule has 1 aliphatic carbocycles. The molecule has 0 aliphatic heterocycles. The molecule has 116 valence electrons. The minimum atomic E-state index is -3.88. The van der Waals surface area contributed by atoms with Crippen LogP contribution >= 0.6 is 0 Å². The third-order valence-electron chi connectivity index (χ3n) is 3.83. The highest BCUT2D eigenvalue weighted by Crippen LogP contribution is 2.29. The molecule has 1 unspecified atom stereocenters. The second kappa shape index (κ2) is 6.03. The van der Waals surface area contributed by atoms with Crippen molar-refractivity contribution >= 4 is 15.9 Å². The minimum Gasteiger partial charge on any atom is -0.495 e. The van der Waals surface area contributed by atoms with Gasteiger partial charge >= 0.3 is 0 Å². The van der Waals surface area contributed by atoms with Crippen LogP contribution in [0.2, 0.25) is 0 Å². The zero-order valence-corrected chi connectivity index (χ0v) is 12.9. The Bertz CT molecular complexity index is 638. The Kier molecular flexibility index (Phi) is 4.53. The highest BCUT2D eigenvalue weighted by atomic mass is 32.2. The van der Waals surface area contributed by atoms with Gasteiger partial charge in [-0.2, -0.15) is 0 Å². The number of hydrogen-bond acceptors (Lipinski definition) is 4. The van der Waals surface area contributed by atoms with Gasteiger partial charge in [-0.15, -0.1) is 0 Å². The quantitative estimate of drug-likeness (QED) is 0.856. The van der Waals surface area contributed by atoms with Gasteiger partial charge in [-0.25, -0.2) is 13.6 Å². The fourth-order valence-corrected chi connectivity index (χ4v) is 3.00. The summed E-state index contributed by atoms with van der Waals surface area (Å²) in [5, 5.41) is 8.09. The Labute approximate surface area is 124 Å². The number of nitrogens with two attached hydrogens (primary N) is 1. The van der Waals surface area contributed by atoms with Gasteiger partial charge in [0, 0.05) is 5.92 Å². The molecule has 0 aromatic heterocycles. The summed E-state index contributed by atoms with van der Waals surface area (Å²) in [6.45, 7) is 1.81. The topological polar surface area (TPSA) is 98.5 Å². The first-order chi connectivity index (χ1) is 9.82. The third kappa shape index (κ3) is 3.54. The molecule has 1 atom stereocenters. The predicted octanol–water partition coefficient (Wildman–Crippen LogP) is 1.32. The summed E-state index contributed by atoms with van der Waals surface area (Å²) in [6.07, 6.45) is 2.93. The molecular weight excluding hydrogens is 292 g/mol. The van der Waals surface area contributed by atoms with Crippen LogP contribution in [0.1, 0.15) is 37.8 Å². The number of sulfonamides is 1. The monoisotopic (exact) mass is 312 g/mol. The number of hydrogen-bond donors (Lipinski definition) is 2. The Hall–Kier alpha value is -1.60. The standard InChI is InChI=1S/C14H20N2O4S/c1-9(16-14(17)10-4-3-5-10)11-6-7-12(20-2)13(8-11)21(15,18)19/h6-10H,3-5H2,1-2H3,(H,16,17)(H2,15,18,19). The van der Waals surface area contributed by atoms with Crippen LogP contribution in [-0.2, 0) is 14.8 Å². The maximum absolute atomic E-state index is 11.9. The first-order valence-electron chi connectivity index (χ1n) is 6.84. The van der Waals surface area contributed by atoms with E-state index in [1.54, 1.807) is 12.1 Å². The molecule has 1 aromatic rings. The zero-order chi connectivity index (χ0) is 15.6. The van der Waals surface area contributed by atoms with E-state index in [-0.39, 0.29) is 28.5 Å². The Morgan fingerprint density at radius 2 is 2.10 bits per heavy atom. The number of primary sulfonamides is 1. The molecule has 1 aromatic carbocycles. The molecule has 6 nitrogen and oxygen atoms in total. The third-order valence-corrected chi connectivity index (χ3v) is 4.76. The molecule has 7 heteroatoms. The molecule has 0 bridgehead atoms. The first kappa shape index (κ1) is 15.8. The van der Waals surface area contributed by atoms with E-state index in [4.69, 9.17) is 9.88 Å². The lowest BCUT2D eigenvalue weighted by molar-refractivity contribution is -0.128. The molecule has 1 amide bonds. The van der Waals surface area contributed by atoms with Crippen LogP contribution in [-0.4, -0.2) is 21.4 Å². The predicted molar refractivity (Wildman–Crippen MR) is 78.3 cm³/mol. The summed E-state index contributed by atoms with van der Waals surface area (Å²) in [5.41, 5.74) is 0.674. The SMILES string of the molecule is COc1ccc(C(C)NC(=O)C2CCC2)cc1S(N)(=O)=O. The molecule has 0 heterocycles. The molecule has 2 rings (SSSR count). The zero-order valence-electron chi connectivity index (χ0n) is 12.1. The van der Waals surface area contributed by atoms with Crippen LogP contribution < -0.4 is 15.2 Å². The van der Waals surface area contributed by atoms with Crippen LogP contribution in [0.4, 0.5) is 0 Å². The number of carbonyl (C=O) groups excluding carboxylic acids is 1. The van der Waals surface area contributed by atoms with Gasteiger partial charge in [0.1, 0.15) is 10.6 Å². The normalized spacial score (nSPS) is 16.9. The lowest BCUT2D eigenvalue weighted by atomic mass is 9.84. The highest BCUT2D eigenvalue weighted by Gasteiger charge is 2.26. The fourth-order valence-electron chi connectivity index (χ4n) is 2.27. The Balaban J connectivity index is 2.21. The average Bonchev–Trinajstić information content (AvgIpc) is 2.34. The second-order valence-corrected chi connectivity index (χ2v) is 6.84. The van der Waals surface area contributed by atoms with E-state index >= 15 is 0 Å². The molecule has 3 N–H and O–H groups in total. The van der Waals surface area contributed by atoms with Crippen molar-refractivity contribution < 1.29 is 17.9 Å². The van der Waals surface area contributed by atoms with Crippen molar-refractivity contribution in [1.29, 1.82) is 0 Å². The maximum Gasteiger partial charge on any atom is 0.241 e. The van der Waals surface area contributed by atoms with Crippen LogP contribution in [0.5, 0.6) is 5.75 Å². The smallest absolute Gasteiger partial charge is 0.241 e. The van der Waals surface area contributed by atoms with E-state index in [0.717, 1.165) is 19.3 Å². The average molecular weight is 312 g/mol. The van der Waals surface area contributed by atoms with Gasteiger partial charge < -0.3 is 10.1 Å². The van der Waals surface area contributed by atoms with Crippen molar-refractivity contribution in [2.75, 3.05) is 7.11 Å². The van der Waals surface area contributed by atoms with Crippen LogP contribution in [0.15, 0.2) is 23.1 Å². The molecule has 1 fully saturated rings. The van der Waals surface area contributed by atoms with Crippen molar-refractivity contribution in [3.05, 3.63) is 23.8 Å². The van der Waals surface area contributed by atoms with E-state index in [0.29, 0.717) is 5.56 Å². The number of ether oxygens (including phenoxy) is 1. The number of benzene rings is 1. The fraction of sp³-hybridized carbons (Fsp3) is 0.500. The van der Waals surface area contributed by atoms with Gasteiger partial charge in [0.2, 0.25) is 15.9 Å². The Morgan fingerprint density at radius 3 is 2.57 bits per heavy atom. The largest absolute Gasteiger partial charge is 0.495 e. The summed E-state index contributed by atoms with van der Waals surface area (Å²) in [6, 6.07) is 4.42. The molecule has 1 aliphatic rings. The van der Waals surface area contributed by atoms with Gasteiger partial charge in [-0.1, -0.05) is 12.5 Å². The summed E-state index contributed by atoms with van der Waals surface area (Å²) in [5.74, 6) is 0.295. The molecule has 0 radical (unpaired) electrons. The summed E-state index contributed by atoms with van der Waals surface area (Å²) in [4.78, 5) is 11.9. The summed E-state index contributed by atoms with van der Waals surface area (Å²) >= 11 is 0. The van der Waals surface area contributed by atoms with Gasteiger partial charge in [-0.3, -0.25) is 4.79 Å². The Morgan fingerprint density at radius 1 is 1.43 bits per heavy atom. The minimum absolute atomic E-state index is 0.0155. The van der Waals surface area contributed by atoms with Crippen molar-refractivity contribution in [1.82, 2.24) is 5.32 Å². The van der Waals surface area contributed by atoms with E-state index in [1.165, 1.54) is 13.2 Å². The van der Waals surface area contributed by atoms with Crippen molar-refractivity contribution in [3.63, 3.8) is 0 Å². The highest BCUT2D eigenvalue weighted by molar-refractivity contribution is 7.89. The summed E-state index contributed by atoms with van der Waals surface area (Å²) < 4.78 is 28.2. The van der Waals surface area contributed by atoms with Crippen molar-refractivity contribution in [2.45, 2.75) is 37.1 Å². The number of carbonyl (C=O) groups is 1. The van der Waals surface area contributed by atoms with Gasteiger partial charge in [0.15, 0.2) is 0 Å². The lowest BCUT2D eigenvalue weighted by Gasteiger charge is -2.26. The maximum atomic E-state index is 11.9. The van der Waals surface area contributed by atoms with Gasteiger partial charge in [-0.05, 0) is 37.5 Å². The van der Waals surface area contributed by atoms with E-state index in [2.05, 4.69) is 5.32 Å². The number of methoxy groups -OCH3 is 1. The van der Waals surface area contributed by atoms with Crippen LogP contribution in [0.25, 0.3) is 0 Å². The van der Waals surface area contributed by atoms with E-state index in [1.807, 2.05) is 6.92 Å².